The summed E-state index contributed by atoms with van der Waals surface area (Å²) in [7, 11) is 0. The number of carboxylic acid groups (broad SMARTS) is 1. The molecule has 2 N–H and O–H groups in total. The Kier molecular flexibility index (Phi) is 6.27. The Morgan fingerprint density at radius 2 is 1.79 bits per heavy atom. The van der Waals surface area contributed by atoms with Crippen LogP contribution in [0.5, 0.6) is 5.75 Å². The quantitative estimate of drug-likeness (QED) is 0.411. The van der Waals surface area contributed by atoms with Crippen molar-refractivity contribution in [2.24, 2.45) is 0 Å². The minimum atomic E-state index is -1.17. The molecule has 0 saturated carbocycles. The highest BCUT2D eigenvalue weighted by molar-refractivity contribution is 6.39. The van der Waals surface area contributed by atoms with Crippen molar-refractivity contribution < 1.29 is 24.6 Å². The van der Waals surface area contributed by atoms with Crippen LogP contribution in [0.4, 0.5) is 0 Å². The molecule has 1 amide bonds. The molecular formula is C21H17Cl2NO5. The highest BCUT2D eigenvalue weighted by atomic mass is 35.5. The lowest BCUT2D eigenvalue weighted by Gasteiger charge is -2.23. The number of amides is 1. The van der Waals surface area contributed by atoms with E-state index in [4.69, 9.17) is 27.9 Å². The van der Waals surface area contributed by atoms with E-state index in [9.17, 15) is 19.9 Å². The van der Waals surface area contributed by atoms with Crippen LogP contribution >= 0.6 is 23.2 Å². The number of benzene rings is 3. The molecule has 6 nitrogen and oxygen atoms in total. The molecule has 0 saturated heterocycles. The van der Waals surface area contributed by atoms with E-state index in [-0.39, 0.29) is 16.3 Å². The van der Waals surface area contributed by atoms with Crippen LogP contribution in [0.2, 0.25) is 10.0 Å². The first kappa shape index (κ1) is 20.9. The number of ether oxygens (including phenoxy) is 1. The molecular weight excluding hydrogens is 417 g/mol. The van der Waals surface area contributed by atoms with Crippen LogP contribution in [0, 0.1) is 0 Å². The molecule has 0 heterocycles. The van der Waals surface area contributed by atoms with Crippen molar-refractivity contribution >= 4 is 45.9 Å². The fourth-order valence-electron chi connectivity index (χ4n) is 2.92. The van der Waals surface area contributed by atoms with E-state index in [1.807, 2.05) is 6.07 Å². The fraction of sp³-hybridized carbons (Fsp3) is 0.143. The van der Waals surface area contributed by atoms with Gasteiger partial charge in [0.2, 0.25) is 0 Å². The summed E-state index contributed by atoms with van der Waals surface area (Å²) in [6.07, 6.45) is 0. The zero-order chi connectivity index (χ0) is 21.1. The van der Waals surface area contributed by atoms with Crippen molar-refractivity contribution in [3.05, 3.63) is 75.8 Å². The SMILES string of the molecule is CC(c1ccccc1)N(O)C(=O)COc1cc(C(=O)O)cc2cc(Cl)cc(Cl)c12. The number of carboxylic acids is 1. The average molecular weight is 434 g/mol. The smallest absolute Gasteiger partial charge is 0.335 e. The maximum absolute atomic E-state index is 12.4. The second-order valence-electron chi connectivity index (χ2n) is 6.38. The van der Waals surface area contributed by atoms with Crippen molar-refractivity contribution in [1.29, 1.82) is 0 Å². The molecule has 0 spiro atoms. The average Bonchev–Trinajstić information content (AvgIpc) is 2.70. The number of fused-ring (bicyclic) bond motifs is 1. The molecule has 29 heavy (non-hydrogen) atoms. The number of hydrogen-bond acceptors (Lipinski definition) is 4. The second-order valence-corrected chi connectivity index (χ2v) is 7.22. The molecule has 1 atom stereocenters. The number of carbonyl (C=O) groups excluding carboxylic acids is 1. The maximum Gasteiger partial charge on any atom is 0.335 e. The van der Waals surface area contributed by atoms with Crippen LogP contribution < -0.4 is 4.74 Å². The third-order valence-corrected chi connectivity index (χ3v) is 4.95. The largest absolute Gasteiger partial charge is 0.483 e. The Hall–Kier alpha value is -2.80. The molecule has 150 valence electrons. The number of rotatable bonds is 6. The van der Waals surface area contributed by atoms with Crippen molar-refractivity contribution in [2.45, 2.75) is 13.0 Å². The van der Waals surface area contributed by atoms with Gasteiger partial charge in [-0.2, -0.15) is 0 Å². The van der Waals surface area contributed by atoms with Gasteiger partial charge in [0.1, 0.15) is 5.75 Å². The van der Waals surface area contributed by atoms with Crippen LogP contribution in [0.1, 0.15) is 28.9 Å². The van der Waals surface area contributed by atoms with Gasteiger partial charge in [-0.1, -0.05) is 53.5 Å². The van der Waals surface area contributed by atoms with E-state index < -0.39 is 24.5 Å². The van der Waals surface area contributed by atoms with Crippen molar-refractivity contribution in [3.8, 4) is 5.75 Å². The van der Waals surface area contributed by atoms with Gasteiger partial charge in [0.15, 0.2) is 6.61 Å². The second kappa shape index (κ2) is 8.69. The van der Waals surface area contributed by atoms with Crippen LogP contribution in [-0.2, 0) is 4.79 Å². The normalized spacial score (nSPS) is 11.9. The Balaban J connectivity index is 1.86. The minimum absolute atomic E-state index is 0.0446. The fourth-order valence-corrected chi connectivity index (χ4v) is 3.52. The van der Waals surface area contributed by atoms with Gasteiger partial charge in [-0.05, 0) is 42.1 Å². The molecule has 0 aliphatic carbocycles. The van der Waals surface area contributed by atoms with Crippen LogP contribution in [0.25, 0.3) is 10.8 Å². The lowest BCUT2D eigenvalue weighted by molar-refractivity contribution is -0.177. The van der Waals surface area contributed by atoms with E-state index >= 15 is 0 Å². The topological polar surface area (TPSA) is 87.1 Å². The molecule has 0 radical (unpaired) electrons. The van der Waals surface area contributed by atoms with Crippen LogP contribution in [-0.4, -0.2) is 33.9 Å². The van der Waals surface area contributed by atoms with Gasteiger partial charge in [-0.15, -0.1) is 0 Å². The highest BCUT2D eigenvalue weighted by Gasteiger charge is 2.21. The van der Waals surface area contributed by atoms with Crippen LogP contribution in [0.15, 0.2) is 54.6 Å². The van der Waals surface area contributed by atoms with E-state index in [1.165, 1.54) is 18.2 Å². The highest BCUT2D eigenvalue weighted by Crippen LogP contribution is 2.36. The predicted molar refractivity (Wildman–Crippen MR) is 110 cm³/mol. The van der Waals surface area contributed by atoms with E-state index in [2.05, 4.69) is 0 Å². The molecule has 3 aromatic carbocycles. The summed E-state index contributed by atoms with van der Waals surface area (Å²) in [5, 5.41) is 21.6. The molecule has 0 bridgehead atoms. The Labute approximate surface area is 176 Å². The molecule has 1 unspecified atom stereocenters. The number of hydroxylamine groups is 2. The molecule has 8 heteroatoms. The molecule has 0 aliphatic heterocycles. The number of aromatic carboxylic acids is 1. The molecule has 0 fully saturated rings. The van der Waals surface area contributed by atoms with Gasteiger partial charge < -0.3 is 9.84 Å². The Morgan fingerprint density at radius 1 is 1.10 bits per heavy atom. The monoisotopic (exact) mass is 433 g/mol. The van der Waals surface area contributed by atoms with Gasteiger partial charge in [0.05, 0.1) is 16.6 Å². The predicted octanol–water partition coefficient (Wildman–Crippen LogP) is 5.20. The Morgan fingerprint density at radius 3 is 2.45 bits per heavy atom. The number of hydrogen-bond donors (Lipinski definition) is 2. The minimum Gasteiger partial charge on any atom is -0.483 e. The number of nitrogens with zero attached hydrogens (tertiary/aromatic N) is 1. The molecule has 3 rings (SSSR count). The first-order chi connectivity index (χ1) is 13.8. The Bertz CT molecular complexity index is 1070. The van der Waals surface area contributed by atoms with Crippen molar-refractivity contribution in [3.63, 3.8) is 0 Å². The summed E-state index contributed by atoms with van der Waals surface area (Å²) in [4.78, 5) is 23.8. The first-order valence-corrected chi connectivity index (χ1v) is 9.38. The molecule has 0 aromatic heterocycles. The third-order valence-electron chi connectivity index (χ3n) is 4.43. The van der Waals surface area contributed by atoms with E-state index in [1.54, 1.807) is 37.3 Å². The zero-order valence-corrected chi connectivity index (χ0v) is 16.8. The van der Waals surface area contributed by atoms with Gasteiger partial charge in [-0.25, -0.2) is 9.86 Å². The zero-order valence-electron chi connectivity index (χ0n) is 15.3. The van der Waals surface area contributed by atoms with Gasteiger partial charge in [0, 0.05) is 10.4 Å². The summed E-state index contributed by atoms with van der Waals surface area (Å²) in [5.41, 5.74) is 0.705. The maximum atomic E-state index is 12.4. The third kappa shape index (κ3) is 4.62. The van der Waals surface area contributed by atoms with Gasteiger partial charge >= 0.3 is 5.97 Å². The number of carbonyl (C=O) groups is 2. The molecule has 3 aromatic rings. The first-order valence-electron chi connectivity index (χ1n) is 8.62. The summed E-state index contributed by atoms with van der Waals surface area (Å²) >= 11 is 12.3. The van der Waals surface area contributed by atoms with Gasteiger partial charge in [-0.3, -0.25) is 10.0 Å². The summed E-state index contributed by atoms with van der Waals surface area (Å²) in [5.74, 6) is -1.75. The lowest BCUT2D eigenvalue weighted by Crippen LogP contribution is -2.34. The van der Waals surface area contributed by atoms with Crippen molar-refractivity contribution in [1.82, 2.24) is 5.06 Å². The standard InChI is InChI=1S/C21H17Cl2NO5/c1-12(13-5-3-2-4-6-13)24(28)19(25)11-29-18-9-15(21(26)27)7-14-8-16(22)10-17(23)20(14)18/h2-10,12,28H,11H2,1H3,(H,26,27). The van der Waals surface area contributed by atoms with Gasteiger partial charge in [0.25, 0.3) is 5.91 Å². The van der Waals surface area contributed by atoms with E-state index in [0.717, 1.165) is 5.56 Å². The summed E-state index contributed by atoms with van der Waals surface area (Å²) in [6.45, 7) is 1.16. The van der Waals surface area contributed by atoms with Crippen LogP contribution in [0.3, 0.4) is 0 Å². The summed E-state index contributed by atoms with van der Waals surface area (Å²) < 4.78 is 5.56. The summed E-state index contributed by atoms with van der Waals surface area (Å²) in [6, 6.07) is 14.2. The van der Waals surface area contributed by atoms with Crippen molar-refractivity contribution in [2.75, 3.05) is 6.61 Å². The molecule has 0 aliphatic rings. The lowest BCUT2D eigenvalue weighted by atomic mass is 10.1. The number of halogens is 2. The van der Waals surface area contributed by atoms with E-state index in [0.29, 0.717) is 20.9 Å².